The Bertz CT molecular complexity index is 703. The molecule has 0 spiro atoms. The van der Waals surface area contributed by atoms with Crippen LogP contribution in [0.3, 0.4) is 0 Å². The summed E-state index contributed by atoms with van der Waals surface area (Å²) in [5.74, 6) is 3.18. The number of unbranched alkanes of at least 4 members (excludes halogenated alkanes) is 1. The van der Waals surface area contributed by atoms with Crippen LogP contribution in [0.25, 0.3) is 0 Å². The lowest BCUT2D eigenvalue weighted by molar-refractivity contribution is 0.312. The van der Waals surface area contributed by atoms with Crippen molar-refractivity contribution in [1.82, 2.24) is 10.6 Å². The number of benzene rings is 1. The minimum atomic E-state index is 0. The molecule has 148 valence electrons. The van der Waals surface area contributed by atoms with Gasteiger partial charge in [0.05, 0.1) is 12.9 Å². The molecular weight excluding hydrogens is 453 g/mol. The molecule has 2 atom stereocenters. The summed E-state index contributed by atoms with van der Waals surface area (Å²) < 4.78 is 11.2. The van der Waals surface area contributed by atoms with Gasteiger partial charge >= 0.3 is 0 Å². The quantitative estimate of drug-likeness (QED) is 0.254. The van der Waals surface area contributed by atoms with E-state index in [1.165, 1.54) is 5.56 Å². The Morgan fingerprint density at radius 3 is 2.89 bits per heavy atom. The number of hydrogen-bond acceptors (Lipinski definition) is 3. The summed E-state index contributed by atoms with van der Waals surface area (Å²) in [4.78, 5) is 4.72. The van der Waals surface area contributed by atoms with Crippen molar-refractivity contribution < 1.29 is 9.15 Å². The third-order valence-electron chi connectivity index (χ3n) is 4.73. The van der Waals surface area contributed by atoms with E-state index >= 15 is 0 Å². The van der Waals surface area contributed by atoms with E-state index < -0.39 is 0 Å². The van der Waals surface area contributed by atoms with Crippen LogP contribution in [0.2, 0.25) is 0 Å². The molecule has 1 aliphatic heterocycles. The monoisotopic (exact) mass is 483 g/mol. The average molecular weight is 483 g/mol. The third kappa shape index (κ3) is 6.16. The van der Waals surface area contributed by atoms with Gasteiger partial charge in [0.15, 0.2) is 5.96 Å². The first kappa shape index (κ1) is 21.6. The highest BCUT2D eigenvalue weighted by Gasteiger charge is 2.29. The van der Waals surface area contributed by atoms with Gasteiger partial charge in [-0.2, -0.15) is 0 Å². The Balaban J connectivity index is 0.00000261. The van der Waals surface area contributed by atoms with Gasteiger partial charge in [-0.15, -0.1) is 24.0 Å². The SMILES string of the molecule is CCCCN=C(NCCc1ccco1)NC(C)C1COc2ccccc21.I. The molecule has 2 N–H and O–H groups in total. The molecule has 3 rings (SSSR count). The Kier molecular flexibility index (Phi) is 8.97. The molecule has 0 saturated heterocycles. The third-order valence-corrected chi connectivity index (χ3v) is 4.73. The van der Waals surface area contributed by atoms with Crippen molar-refractivity contribution >= 4 is 29.9 Å². The maximum atomic E-state index is 5.83. The van der Waals surface area contributed by atoms with Crippen molar-refractivity contribution in [3.8, 4) is 5.75 Å². The molecule has 0 fully saturated rings. The van der Waals surface area contributed by atoms with Crippen LogP contribution in [-0.4, -0.2) is 31.7 Å². The first-order valence-electron chi connectivity index (χ1n) is 9.57. The van der Waals surface area contributed by atoms with Crippen molar-refractivity contribution in [3.05, 3.63) is 54.0 Å². The Labute approximate surface area is 179 Å². The number of aliphatic imine (C=N–C) groups is 1. The summed E-state index contributed by atoms with van der Waals surface area (Å²) in [5.41, 5.74) is 1.27. The van der Waals surface area contributed by atoms with Gasteiger partial charge in [0.2, 0.25) is 0 Å². The molecule has 1 aromatic heterocycles. The Hall–Kier alpha value is -1.70. The maximum absolute atomic E-state index is 5.83. The van der Waals surface area contributed by atoms with Crippen molar-refractivity contribution in [2.45, 2.75) is 45.1 Å². The van der Waals surface area contributed by atoms with E-state index in [4.69, 9.17) is 14.1 Å². The van der Waals surface area contributed by atoms with Gasteiger partial charge in [-0.1, -0.05) is 31.5 Å². The van der Waals surface area contributed by atoms with Gasteiger partial charge in [-0.05, 0) is 31.5 Å². The van der Waals surface area contributed by atoms with Gasteiger partial charge < -0.3 is 19.8 Å². The number of guanidine groups is 1. The number of hydrogen-bond donors (Lipinski definition) is 2. The topological polar surface area (TPSA) is 58.8 Å². The highest BCUT2D eigenvalue weighted by molar-refractivity contribution is 14.0. The van der Waals surface area contributed by atoms with E-state index in [-0.39, 0.29) is 30.0 Å². The lowest BCUT2D eigenvalue weighted by Gasteiger charge is -2.23. The molecule has 0 saturated carbocycles. The van der Waals surface area contributed by atoms with Gasteiger partial charge in [0.1, 0.15) is 11.5 Å². The molecule has 0 radical (unpaired) electrons. The number of ether oxygens (including phenoxy) is 1. The minimum Gasteiger partial charge on any atom is -0.493 e. The Morgan fingerprint density at radius 1 is 1.26 bits per heavy atom. The minimum absolute atomic E-state index is 0. The molecule has 2 heterocycles. The van der Waals surface area contributed by atoms with Crippen LogP contribution in [0, 0.1) is 0 Å². The van der Waals surface area contributed by atoms with Crippen molar-refractivity contribution in [3.63, 3.8) is 0 Å². The second kappa shape index (κ2) is 11.2. The fourth-order valence-electron chi connectivity index (χ4n) is 3.18. The first-order valence-corrected chi connectivity index (χ1v) is 9.57. The zero-order valence-corrected chi connectivity index (χ0v) is 18.4. The summed E-state index contributed by atoms with van der Waals surface area (Å²) in [6.07, 6.45) is 4.78. The molecule has 0 aliphatic carbocycles. The van der Waals surface area contributed by atoms with E-state index in [1.54, 1.807) is 6.26 Å². The average Bonchev–Trinajstić information content (AvgIpc) is 3.31. The normalized spacial score (nSPS) is 16.8. The fourth-order valence-corrected chi connectivity index (χ4v) is 3.18. The van der Waals surface area contributed by atoms with Crippen LogP contribution in [0.15, 0.2) is 52.1 Å². The molecule has 1 aromatic carbocycles. The molecule has 0 amide bonds. The van der Waals surface area contributed by atoms with Crippen molar-refractivity contribution in [2.24, 2.45) is 4.99 Å². The van der Waals surface area contributed by atoms with Crippen LogP contribution in [0.1, 0.15) is 43.9 Å². The summed E-state index contributed by atoms with van der Waals surface area (Å²) in [6.45, 7) is 6.71. The second-order valence-corrected chi connectivity index (χ2v) is 6.73. The van der Waals surface area contributed by atoms with Crippen LogP contribution in [0.5, 0.6) is 5.75 Å². The van der Waals surface area contributed by atoms with E-state index in [2.05, 4.69) is 36.6 Å². The molecule has 5 nitrogen and oxygen atoms in total. The van der Waals surface area contributed by atoms with Gasteiger partial charge in [0, 0.05) is 37.0 Å². The maximum Gasteiger partial charge on any atom is 0.191 e. The summed E-state index contributed by atoms with van der Waals surface area (Å²) in [7, 11) is 0. The smallest absolute Gasteiger partial charge is 0.191 e. The summed E-state index contributed by atoms with van der Waals surface area (Å²) in [6, 6.07) is 12.4. The molecule has 1 aliphatic rings. The Morgan fingerprint density at radius 2 is 2.11 bits per heavy atom. The number of furan rings is 1. The first-order chi connectivity index (χ1) is 12.8. The highest BCUT2D eigenvalue weighted by Crippen LogP contribution is 2.35. The molecule has 2 aromatic rings. The predicted molar refractivity (Wildman–Crippen MR) is 120 cm³/mol. The van der Waals surface area contributed by atoms with Gasteiger partial charge in [-0.3, -0.25) is 4.99 Å². The van der Waals surface area contributed by atoms with E-state index in [9.17, 15) is 0 Å². The van der Waals surface area contributed by atoms with Gasteiger partial charge in [0.25, 0.3) is 0 Å². The number of nitrogens with one attached hydrogen (secondary N) is 2. The second-order valence-electron chi connectivity index (χ2n) is 6.73. The van der Waals surface area contributed by atoms with E-state index in [0.29, 0.717) is 12.5 Å². The number of rotatable bonds is 8. The molecule has 2 unspecified atom stereocenters. The highest BCUT2D eigenvalue weighted by atomic mass is 127. The van der Waals surface area contributed by atoms with Crippen LogP contribution in [-0.2, 0) is 6.42 Å². The van der Waals surface area contributed by atoms with Crippen molar-refractivity contribution in [1.29, 1.82) is 0 Å². The lowest BCUT2D eigenvalue weighted by Crippen LogP contribution is -2.45. The largest absolute Gasteiger partial charge is 0.493 e. The molecular formula is C21H30IN3O2. The van der Waals surface area contributed by atoms with E-state index in [0.717, 1.165) is 49.8 Å². The van der Waals surface area contributed by atoms with Crippen LogP contribution < -0.4 is 15.4 Å². The standard InChI is InChI=1S/C21H29N3O2.HI/c1-3-4-12-22-21(23-13-11-17-8-7-14-25-17)24-16(2)19-15-26-20-10-6-5-9-18(19)20;/h5-10,14,16,19H,3-4,11-13,15H2,1-2H3,(H2,22,23,24);1H. The zero-order chi connectivity index (χ0) is 18.2. The van der Waals surface area contributed by atoms with Crippen LogP contribution >= 0.6 is 24.0 Å². The number of nitrogens with zero attached hydrogens (tertiary/aromatic N) is 1. The van der Waals surface area contributed by atoms with E-state index in [1.807, 2.05) is 24.3 Å². The van der Waals surface area contributed by atoms with Crippen LogP contribution in [0.4, 0.5) is 0 Å². The molecule has 6 heteroatoms. The number of fused-ring (bicyclic) bond motifs is 1. The fraction of sp³-hybridized carbons (Fsp3) is 0.476. The summed E-state index contributed by atoms with van der Waals surface area (Å²) >= 11 is 0. The van der Waals surface area contributed by atoms with Crippen molar-refractivity contribution in [2.75, 3.05) is 19.7 Å². The predicted octanol–water partition coefficient (Wildman–Crippen LogP) is 4.34. The lowest BCUT2D eigenvalue weighted by atomic mass is 9.94. The summed E-state index contributed by atoms with van der Waals surface area (Å²) in [5, 5.41) is 7.00. The zero-order valence-electron chi connectivity index (χ0n) is 16.1. The molecule has 27 heavy (non-hydrogen) atoms. The number of para-hydroxylation sites is 1. The van der Waals surface area contributed by atoms with Gasteiger partial charge in [-0.25, -0.2) is 0 Å². The molecule has 0 bridgehead atoms. The number of halogens is 1.